The summed E-state index contributed by atoms with van der Waals surface area (Å²) in [7, 11) is 1.78. The maximum Gasteiger partial charge on any atom is 0.119 e. The van der Waals surface area contributed by atoms with Crippen molar-refractivity contribution in [3.05, 3.63) is 41.5 Å². The van der Waals surface area contributed by atoms with Crippen molar-refractivity contribution in [1.29, 1.82) is 0 Å². The molecule has 0 spiro atoms. The predicted molar refractivity (Wildman–Crippen MR) is 114 cm³/mol. The molecule has 2 saturated carbocycles. The van der Waals surface area contributed by atoms with Crippen LogP contribution < -0.4 is 4.74 Å². The Hall–Kier alpha value is -1.24. The maximum atomic E-state index is 5.42. The van der Waals surface area contributed by atoms with Crippen molar-refractivity contribution in [2.45, 2.75) is 77.6 Å². The average molecular weight is 367 g/mol. The molecule has 0 aromatic heterocycles. The number of hydrogen-bond acceptors (Lipinski definition) is 1. The van der Waals surface area contributed by atoms with Gasteiger partial charge in [-0.1, -0.05) is 24.6 Å². The third-order valence-corrected chi connectivity index (χ3v) is 8.09. The molecule has 5 atom stereocenters. The Kier molecular flexibility index (Phi) is 6.25. The lowest BCUT2D eigenvalue weighted by atomic mass is 9.61. The molecule has 1 nitrogen and oxygen atoms in total. The number of rotatable bonds is 5. The summed E-state index contributed by atoms with van der Waals surface area (Å²) in [5.41, 5.74) is 3.14. The Bertz CT molecular complexity index is 646. The summed E-state index contributed by atoms with van der Waals surface area (Å²) >= 11 is 0. The van der Waals surface area contributed by atoms with Crippen molar-refractivity contribution in [3.8, 4) is 5.75 Å². The number of hydrogen-bond donors (Lipinski definition) is 0. The fraction of sp³-hybridized carbons (Fsp3) is 0.692. The van der Waals surface area contributed by atoms with Gasteiger partial charge >= 0.3 is 0 Å². The molecule has 2 fully saturated rings. The zero-order chi connectivity index (χ0) is 18.6. The van der Waals surface area contributed by atoms with Crippen LogP contribution in [-0.4, -0.2) is 7.11 Å². The van der Waals surface area contributed by atoms with Crippen molar-refractivity contribution in [2.24, 2.45) is 29.6 Å². The summed E-state index contributed by atoms with van der Waals surface area (Å²) in [6, 6.07) is 6.77. The Morgan fingerprint density at radius 3 is 2.52 bits per heavy atom. The van der Waals surface area contributed by atoms with E-state index < -0.39 is 0 Å². The summed E-state index contributed by atoms with van der Waals surface area (Å²) in [5, 5.41) is 0. The molecular formula is C26H38O. The number of fused-ring (bicyclic) bond motifs is 2. The van der Waals surface area contributed by atoms with Gasteiger partial charge in [-0.25, -0.2) is 0 Å². The van der Waals surface area contributed by atoms with Gasteiger partial charge in [0, 0.05) is 0 Å². The minimum Gasteiger partial charge on any atom is -0.497 e. The van der Waals surface area contributed by atoms with E-state index in [9.17, 15) is 0 Å². The van der Waals surface area contributed by atoms with Crippen molar-refractivity contribution < 1.29 is 4.74 Å². The minimum absolute atomic E-state index is 0.930. The highest BCUT2D eigenvalue weighted by atomic mass is 16.5. The van der Waals surface area contributed by atoms with Gasteiger partial charge in [0.15, 0.2) is 0 Å². The topological polar surface area (TPSA) is 9.23 Å². The highest BCUT2D eigenvalue weighted by Crippen LogP contribution is 2.49. The molecule has 1 heteroatoms. The average Bonchev–Trinajstić information content (AvgIpc) is 2.72. The standard InChI is InChI=1S/C26H38O/c1-3-4-5-6-19-7-8-21-16-22(10-9-20(21)15-19)23-11-12-25-18-26(27-2)14-13-24(25)17-23/h3-4,13-14,18-23H,5-12,15-17H2,1-2H3/t19-,20?,21-,22?,23?/m1/s1. The molecule has 3 aliphatic carbocycles. The molecule has 0 saturated heterocycles. The SMILES string of the molecule is CC=CCC[C@@H]1CC[C@@H]2CC(C3CCc4cc(OC)ccc4C3)CCC2C1. The molecule has 148 valence electrons. The van der Waals surface area contributed by atoms with E-state index in [1.165, 1.54) is 70.6 Å². The molecule has 4 rings (SSSR count). The molecule has 27 heavy (non-hydrogen) atoms. The molecule has 0 amide bonds. The predicted octanol–water partition coefficient (Wildman–Crippen LogP) is 6.99. The van der Waals surface area contributed by atoms with Crippen LogP contribution in [0.3, 0.4) is 0 Å². The number of allylic oxidation sites excluding steroid dienone is 2. The van der Waals surface area contributed by atoms with Gasteiger partial charge in [-0.15, -0.1) is 0 Å². The lowest BCUT2D eigenvalue weighted by Gasteiger charge is -2.45. The quantitative estimate of drug-likeness (QED) is 0.510. The smallest absolute Gasteiger partial charge is 0.119 e. The Labute approximate surface area is 166 Å². The molecule has 0 N–H and O–H groups in total. The van der Waals surface area contributed by atoms with E-state index >= 15 is 0 Å². The summed E-state index contributed by atoms with van der Waals surface area (Å²) in [6.07, 6.45) is 20.4. The number of methoxy groups -OCH3 is 1. The van der Waals surface area contributed by atoms with E-state index in [-0.39, 0.29) is 0 Å². The second kappa shape index (κ2) is 8.84. The highest BCUT2D eigenvalue weighted by molar-refractivity contribution is 5.37. The lowest BCUT2D eigenvalue weighted by molar-refractivity contribution is 0.0699. The Balaban J connectivity index is 1.31. The van der Waals surface area contributed by atoms with E-state index in [4.69, 9.17) is 4.74 Å². The molecule has 0 bridgehead atoms. The first-order valence-corrected chi connectivity index (χ1v) is 11.5. The highest BCUT2D eigenvalue weighted by Gasteiger charge is 2.38. The minimum atomic E-state index is 0.930. The van der Waals surface area contributed by atoms with Crippen molar-refractivity contribution in [2.75, 3.05) is 7.11 Å². The Morgan fingerprint density at radius 1 is 0.926 bits per heavy atom. The molecule has 3 aliphatic rings. The summed E-state index contributed by atoms with van der Waals surface area (Å²) in [5.74, 6) is 6.04. The van der Waals surface area contributed by atoms with Crippen LogP contribution in [0.4, 0.5) is 0 Å². The van der Waals surface area contributed by atoms with Crippen LogP contribution in [-0.2, 0) is 12.8 Å². The van der Waals surface area contributed by atoms with E-state index in [0.717, 1.165) is 35.3 Å². The lowest BCUT2D eigenvalue weighted by Crippen LogP contribution is -2.35. The zero-order valence-electron chi connectivity index (χ0n) is 17.5. The third kappa shape index (κ3) is 4.44. The molecular weight excluding hydrogens is 328 g/mol. The molecule has 1 aromatic rings. The van der Waals surface area contributed by atoms with Crippen LogP contribution in [0.25, 0.3) is 0 Å². The molecule has 0 heterocycles. The van der Waals surface area contributed by atoms with Crippen molar-refractivity contribution >= 4 is 0 Å². The normalized spacial score (nSPS) is 33.5. The molecule has 1 aromatic carbocycles. The monoisotopic (exact) mass is 366 g/mol. The van der Waals surface area contributed by atoms with Gasteiger partial charge in [-0.3, -0.25) is 0 Å². The van der Waals surface area contributed by atoms with Gasteiger partial charge < -0.3 is 4.74 Å². The van der Waals surface area contributed by atoms with Crippen LogP contribution in [0.5, 0.6) is 5.75 Å². The maximum absolute atomic E-state index is 5.42. The second-order valence-electron chi connectivity index (χ2n) is 9.56. The largest absolute Gasteiger partial charge is 0.497 e. The summed E-state index contributed by atoms with van der Waals surface area (Å²) in [6.45, 7) is 2.15. The first-order chi connectivity index (χ1) is 13.3. The number of ether oxygens (including phenoxy) is 1. The fourth-order valence-electron chi connectivity index (χ4n) is 6.50. The van der Waals surface area contributed by atoms with Gasteiger partial charge in [0.1, 0.15) is 5.75 Å². The third-order valence-electron chi connectivity index (χ3n) is 8.09. The van der Waals surface area contributed by atoms with Crippen LogP contribution in [0.1, 0.15) is 75.8 Å². The first kappa shape index (κ1) is 19.1. The van der Waals surface area contributed by atoms with Gasteiger partial charge in [0.05, 0.1) is 7.11 Å². The Morgan fingerprint density at radius 2 is 1.70 bits per heavy atom. The van der Waals surface area contributed by atoms with E-state index in [0.29, 0.717) is 0 Å². The first-order valence-electron chi connectivity index (χ1n) is 11.5. The number of benzene rings is 1. The van der Waals surface area contributed by atoms with Crippen LogP contribution in [0, 0.1) is 29.6 Å². The number of aryl methyl sites for hydroxylation is 1. The molecule has 0 aliphatic heterocycles. The zero-order valence-corrected chi connectivity index (χ0v) is 17.5. The van der Waals surface area contributed by atoms with Crippen molar-refractivity contribution in [3.63, 3.8) is 0 Å². The van der Waals surface area contributed by atoms with E-state index in [1.807, 2.05) is 0 Å². The summed E-state index contributed by atoms with van der Waals surface area (Å²) < 4.78 is 5.42. The van der Waals surface area contributed by atoms with Gasteiger partial charge in [-0.05, 0) is 124 Å². The van der Waals surface area contributed by atoms with E-state index in [1.54, 1.807) is 18.2 Å². The van der Waals surface area contributed by atoms with Gasteiger partial charge in [-0.2, -0.15) is 0 Å². The van der Waals surface area contributed by atoms with Gasteiger partial charge in [0.25, 0.3) is 0 Å². The van der Waals surface area contributed by atoms with Gasteiger partial charge in [0.2, 0.25) is 0 Å². The molecule has 3 unspecified atom stereocenters. The fourth-order valence-corrected chi connectivity index (χ4v) is 6.50. The summed E-state index contributed by atoms with van der Waals surface area (Å²) in [4.78, 5) is 0. The van der Waals surface area contributed by atoms with Crippen LogP contribution >= 0.6 is 0 Å². The van der Waals surface area contributed by atoms with Crippen molar-refractivity contribution in [1.82, 2.24) is 0 Å². The second-order valence-corrected chi connectivity index (χ2v) is 9.56. The molecule has 0 radical (unpaired) electrons. The van der Waals surface area contributed by atoms with Crippen LogP contribution in [0.15, 0.2) is 30.4 Å². The van der Waals surface area contributed by atoms with E-state index in [2.05, 4.69) is 37.3 Å². The van der Waals surface area contributed by atoms with Crippen LogP contribution in [0.2, 0.25) is 0 Å².